The number of amides is 2. The Labute approximate surface area is 133 Å². The van der Waals surface area contributed by atoms with Crippen molar-refractivity contribution in [3.63, 3.8) is 0 Å². The Kier molecular flexibility index (Phi) is 7.03. The number of rotatable bonds is 8. The number of carbonyl (C=O) groups excluding carboxylic acids is 1. The van der Waals surface area contributed by atoms with Gasteiger partial charge >= 0.3 is 6.03 Å². The van der Waals surface area contributed by atoms with Crippen LogP contribution in [0.3, 0.4) is 0 Å². The Balaban J connectivity index is 1.53. The van der Waals surface area contributed by atoms with E-state index in [1.165, 1.54) is 25.9 Å². The molecule has 1 heterocycles. The molecule has 2 amide bonds. The molecule has 2 rings (SSSR count). The van der Waals surface area contributed by atoms with Crippen LogP contribution in [0.25, 0.3) is 0 Å². The van der Waals surface area contributed by atoms with E-state index in [1.54, 1.807) is 7.11 Å². The normalized spacial score (nSPS) is 14.8. The highest BCUT2D eigenvalue weighted by Gasteiger charge is 2.10. The van der Waals surface area contributed by atoms with E-state index in [9.17, 15) is 4.79 Å². The van der Waals surface area contributed by atoms with Crippen LogP contribution in [0.1, 0.15) is 31.2 Å². The van der Waals surface area contributed by atoms with Crippen LogP contribution in [0.5, 0.6) is 5.75 Å². The quantitative estimate of drug-likeness (QED) is 0.725. The zero-order valence-electron chi connectivity index (χ0n) is 13.4. The van der Waals surface area contributed by atoms with Gasteiger partial charge in [-0.1, -0.05) is 12.1 Å². The van der Waals surface area contributed by atoms with Crippen LogP contribution in [0.4, 0.5) is 4.79 Å². The standard InChI is InChI=1S/C17H27N3O2/c1-22-16-8-6-7-15(13-16)14-19-17(21)18-9-2-3-10-20-11-4-5-12-20/h6-8,13H,2-5,9-12,14H2,1H3,(H2,18,19,21). The maximum absolute atomic E-state index is 11.7. The number of unbranched alkanes of at least 4 members (excludes halogenated alkanes) is 1. The minimum absolute atomic E-state index is 0.107. The van der Waals surface area contributed by atoms with Gasteiger partial charge in [-0.05, 0) is 63.0 Å². The van der Waals surface area contributed by atoms with Crippen molar-refractivity contribution in [2.45, 2.75) is 32.2 Å². The topological polar surface area (TPSA) is 53.6 Å². The number of hydrogen-bond donors (Lipinski definition) is 2. The number of carbonyl (C=O) groups is 1. The van der Waals surface area contributed by atoms with Crippen LogP contribution < -0.4 is 15.4 Å². The summed E-state index contributed by atoms with van der Waals surface area (Å²) in [5.74, 6) is 0.807. The summed E-state index contributed by atoms with van der Waals surface area (Å²) in [6, 6.07) is 7.61. The van der Waals surface area contributed by atoms with Crippen molar-refractivity contribution in [1.29, 1.82) is 0 Å². The summed E-state index contributed by atoms with van der Waals surface area (Å²) in [4.78, 5) is 14.2. The lowest BCUT2D eigenvalue weighted by Crippen LogP contribution is -2.35. The number of urea groups is 1. The van der Waals surface area contributed by atoms with Gasteiger partial charge < -0.3 is 20.3 Å². The van der Waals surface area contributed by atoms with Crippen molar-refractivity contribution in [2.24, 2.45) is 0 Å². The first kappa shape index (κ1) is 16.6. The molecule has 0 saturated carbocycles. The SMILES string of the molecule is COc1cccc(CNC(=O)NCCCCN2CCCC2)c1. The fraction of sp³-hybridized carbons (Fsp3) is 0.588. The first-order valence-corrected chi connectivity index (χ1v) is 8.15. The molecule has 0 radical (unpaired) electrons. The lowest BCUT2D eigenvalue weighted by atomic mass is 10.2. The van der Waals surface area contributed by atoms with Gasteiger partial charge in [-0.25, -0.2) is 4.79 Å². The minimum Gasteiger partial charge on any atom is -0.497 e. The minimum atomic E-state index is -0.107. The molecule has 1 aromatic carbocycles. The molecule has 0 aliphatic carbocycles. The second kappa shape index (κ2) is 9.30. The van der Waals surface area contributed by atoms with Gasteiger partial charge in [-0.15, -0.1) is 0 Å². The molecule has 122 valence electrons. The summed E-state index contributed by atoms with van der Waals surface area (Å²) in [5, 5.41) is 5.77. The smallest absolute Gasteiger partial charge is 0.315 e. The summed E-state index contributed by atoms with van der Waals surface area (Å²) in [6.07, 6.45) is 4.86. The Morgan fingerprint density at radius 3 is 2.82 bits per heavy atom. The second-order valence-electron chi connectivity index (χ2n) is 5.72. The molecule has 1 aliphatic heterocycles. The largest absolute Gasteiger partial charge is 0.497 e. The Hall–Kier alpha value is -1.75. The molecular weight excluding hydrogens is 278 g/mol. The molecule has 0 atom stereocenters. The van der Waals surface area contributed by atoms with Crippen LogP contribution in [-0.4, -0.2) is 44.2 Å². The van der Waals surface area contributed by atoms with Crippen LogP contribution >= 0.6 is 0 Å². The van der Waals surface area contributed by atoms with Crippen molar-refractivity contribution in [3.8, 4) is 5.75 Å². The van der Waals surface area contributed by atoms with Crippen molar-refractivity contribution in [3.05, 3.63) is 29.8 Å². The number of methoxy groups -OCH3 is 1. The number of ether oxygens (including phenoxy) is 1. The molecule has 0 unspecified atom stereocenters. The maximum atomic E-state index is 11.7. The predicted molar refractivity (Wildman–Crippen MR) is 88.1 cm³/mol. The third kappa shape index (κ3) is 5.93. The first-order chi connectivity index (χ1) is 10.8. The molecular formula is C17H27N3O2. The lowest BCUT2D eigenvalue weighted by Gasteiger charge is -2.14. The van der Waals surface area contributed by atoms with E-state index >= 15 is 0 Å². The van der Waals surface area contributed by atoms with E-state index in [0.29, 0.717) is 6.54 Å². The molecule has 5 nitrogen and oxygen atoms in total. The molecule has 1 aliphatic rings. The Morgan fingerprint density at radius 2 is 2.05 bits per heavy atom. The first-order valence-electron chi connectivity index (χ1n) is 8.15. The van der Waals surface area contributed by atoms with Gasteiger partial charge in [0.05, 0.1) is 7.11 Å². The predicted octanol–water partition coefficient (Wildman–Crippen LogP) is 2.37. The number of nitrogens with one attached hydrogen (secondary N) is 2. The summed E-state index contributed by atoms with van der Waals surface area (Å²) in [6.45, 7) is 4.89. The van der Waals surface area contributed by atoms with Gasteiger partial charge in [0.25, 0.3) is 0 Å². The molecule has 0 spiro atoms. The van der Waals surface area contributed by atoms with E-state index < -0.39 is 0 Å². The van der Waals surface area contributed by atoms with E-state index in [1.807, 2.05) is 24.3 Å². The summed E-state index contributed by atoms with van der Waals surface area (Å²) < 4.78 is 5.16. The maximum Gasteiger partial charge on any atom is 0.315 e. The Morgan fingerprint density at radius 1 is 1.23 bits per heavy atom. The zero-order chi connectivity index (χ0) is 15.6. The van der Waals surface area contributed by atoms with Gasteiger partial charge in [-0.2, -0.15) is 0 Å². The van der Waals surface area contributed by atoms with Gasteiger partial charge in [0.1, 0.15) is 5.75 Å². The fourth-order valence-corrected chi connectivity index (χ4v) is 2.70. The second-order valence-corrected chi connectivity index (χ2v) is 5.72. The third-order valence-corrected chi connectivity index (χ3v) is 3.97. The van der Waals surface area contributed by atoms with Crippen LogP contribution in [-0.2, 0) is 6.54 Å². The fourth-order valence-electron chi connectivity index (χ4n) is 2.70. The molecule has 1 saturated heterocycles. The van der Waals surface area contributed by atoms with Crippen LogP contribution in [0.15, 0.2) is 24.3 Å². The molecule has 2 N–H and O–H groups in total. The molecule has 0 bridgehead atoms. The molecule has 5 heteroatoms. The Bertz CT molecular complexity index is 459. The van der Waals surface area contributed by atoms with Gasteiger partial charge in [0.15, 0.2) is 0 Å². The summed E-state index contributed by atoms with van der Waals surface area (Å²) in [5.41, 5.74) is 1.03. The number of likely N-dealkylation sites (tertiary alicyclic amines) is 1. The highest BCUT2D eigenvalue weighted by Crippen LogP contribution is 2.12. The van der Waals surface area contributed by atoms with Crippen molar-refractivity contribution >= 4 is 6.03 Å². The third-order valence-electron chi connectivity index (χ3n) is 3.97. The summed E-state index contributed by atoms with van der Waals surface area (Å²) in [7, 11) is 1.64. The van der Waals surface area contributed by atoms with Crippen LogP contribution in [0.2, 0.25) is 0 Å². The summed E-state index contributed by atoms with van der Waals surface area (Å²) >= 11 is 0. The van der Waals surface area contributed by atoms with Crippen molar-refractivity contribution in [2.75, 3.05) is 33.3 Å². The number of benzene rings is 1. The highest BCUT2D eigenvalue weighted by molar-refractivity contribution is 5.73. The molecule has 1 fully saturated rings. The van der Waals surface area contributed by atoms with Crippen molar-refractivity contribution in [1.82, 2.24) is 15.5 Å². The number of hydrogen-bond acceptors (Lipinski definition) is 3. The average Bonchev–Trinajstić information content (AvgIpc) is 3.06. The monoisotopic (exact) mass is 305 g/mol. The molecule has 0 aromatic heterocycles. The van der Waals surface area contributed by atoms with Crippen LogP contribution in [0, 0.1) is 0 Å². The van der Waals surface area contributed by atoms with E-state index in [0.717, 1.165) is 37.2 Å². The highest BCUT2D eigenvalue weighted by atomic mass is 16.5. The zero-order valence-corrected chi connectivity index (χ0v) is 13.4. The van der Waals surface area contributed by atoms with Gasteiger partial charge in [0.2, 0.25) is 0 Å². The molecule has 1 aromatic rings. The van der Waals surface area contributed by atoms with E-state index in [4.69, 9.17) is 4.74 Å². The van der Waals surface area contributed by atoms with Gasteiger partial charge in [-0.3, -0.25) is 0 Å². The molecule has 22 heavy (non-hydrogen) atoms. The van der Waals surface area contributed by atoms with E-state index in [-0.39, 0.29) is 6.03 Å². The number of nitrogens with zero attached hydrogens (tertiary/aromatic N) is 1. The van der Waals surface area contributed by atoms with E-state index in [2.05, 4.69) is 15.5 Å². The lowest BCUT2D eigenvalue weighted by molar-refractivity contribution is 0.240. The van der Waals surface area contributed by atoms with Gasteiger partial charge in [0, 0.05) is 13.1 Å². The van der Waals surface area contributed by atoms with Crippen molar-refractivity contribution < 1.29 is 9.53 Å². The average molecular weight is 305 g/mol.